The highest BCUT2D eigenvalue weighted by Crippen LogP contribution is 2.31. The Balaban J connectivity index is 2.22. The lowest BCUT2D eigenvalue weighted by Gasteiger charge is -2.35. The highest BCUT2D eigenvalue weighted by molar-refractivity contribution is 7.91. The van der Waals surface area contributed by atoms with Crippen LogP contribution in [0.5, 0.6) is 0 Å². The minimum absolute atomic E-state index is 0.00309. The second kappa shape index (κ2) is 6.12. The fourth-order valence-corrected chi connectivity index (χ4v) is 4.68. The Labute approximate surface area is 121 Å². The molecule has 0 radical (unpaired) electrons. The molecule has 0 aliphatic heterocycles. The van der Waals surface area contributed by atoms with E-state index < -0.39 is 10.0 Å². The smallest absolute Gasteiger partial charge is 0.272 e. The van der Waals surface area contributed by atoms with Gasteiger partial charge in [0.15, 0.2) is 0 Å². The molecule has 1 aliphatic rings. The number of rotatable bonds is 6. The second-order valence-corrected chi connectivity index (χ2v) is 7.59. The maximum absolute atomic E-state index is 12.5. The van der Waals surface area contributed by atoms with Crippen molar-refractivity contribution in [3.05, 3.63) is 0 Å². The zero-order valence-corrected chi connectivity index (χ0v) is 12.7. The molecule has 1 aliphatic carbocycles. The highest BCUT2D eigenvalue weighted by Gasteiger charge is 2.36. The van der Waals surface area contributed by atoms with Crippen molar-refractivity contribution >= 4 is 32.4 Å². The Kier molecular flexibility index (Phi) is 4.68. The summed E-state index contributed by atoms with van der Waals surface area (Å²) >= 11 is 0.850. The van der Waals surface area contributed by atoms with Gasteiger partial charge in [-0.2, -0.15) is 4.31 Å². The van der Waals surface area contributed by atoms with Gasteiger partial charge in [0.05, 0.1) is 0 Å². The summed E-state index contributed by atoms with van der Waals surface area (Å²) in [5, 5.41) is 9.94. The molecule has 0 bridgehead atoms. The van der Waals surface area contributed by atoms with Gasteiger partial charge in [0.1, 0.15) is 0 Å². The van der Waals surface area contributed by atoms with Crippen molar-refractivity contribution in [1.82, 2.24) is 14.5 Å². The van der Waals surface area contributed by atoms with Gasteiger partial charge in [-0.3, -0.25) is 4.79 Å². The van der Waals surface area contributed by atoms with Crippen LogP contribution in [0.25, 0.3) is 0 Å². The van der Waals surface area contributed by atoms with Crippen LogP contribution in [0, 0.1) is 0 Å². The molecule has 1 aromatic rings. The molecule has 10 heteroatoms. The topological polar surface area (TPSA) is 118 Å². The molecular formula is C10H17N5O3S2. The molecule has 0 aromatic carbocycles. The number of nitrogens with two attached hydrogens (primary N) is 1. The van der Waals surface area contributed by atoms with E-state index in [9.17, 15) is 13.2 Å². The van der Waals surface area contributed by atoms with Gasteiger partial charge in [-0.1, -0.05) is 17.8 Å². The van der Waals surface area contributed by atoms with Crippen LogP contribution in [-0.2, 0) is 14.8 Å². The molecule has 0 atom stereocenters. The number of hydrogen-bond acceptors (Lipinski definition) is 7. The van der Waals surface area contributed by atoms with Gasteiger partial charge in [0.2, 0.25) is 15.4 Å². The Bertz CT molecular complexity index is 581. The van der Waals surface area contributed by atoms with E-state index >= 15 is 0 Å². The minimum Gasteiger partial charge on any atom is -0.329 e. The van der Waals surface area contributed by atoms with Gasteiger partial charge in [0, 0.05) is 26.1 Å². The average molecular weight is 319 g/mol. The standard InChI is InChI=1S/C10H17N5O3S2/c1-7(16)12-9-13-14-10(19-9)20(17,18)15(6-5-11)8-3-2-4-8/h8H,2-6,11H2,1H3,(H,12,13,16). The number of nitrogens with zero attached hydrogens (tertiary/aromatic N) is 3. The predicted octanol–water partition coefficient (Wildman–Crippen LogP) is -0.00160. The predicted molar refractivity (Wildman–Crippen MR) is 74.8 cm³/mol. The molecule has 1 saturated carbocycles. The molecule has 20 heavy (non-hydrogen) atoms. The summed E-state index contributed by atoms with van der Waals surface area (Å²) in [5.41, 5.74) is 5.50. The fraction of sp³-hybridized carbons (Fsp3) is 0.700. The lowest BCUT2D eigenvalue weighted by molar-refractivity contribution is -0.114. The van der Waals surface area contributed by atoms with Crippen molar-refractivity contribution in [2.24, 2.45) is 5.73 Å². The quantitative estimate of drug-likeness (QED) is 0.712. The van der Waals surface area contributed by atoms with E-state index in [-0.39, 0.29) is 34.5 Å². The monoisotopic (exact) mass is 319 g/mol. The van der Waals surface area contributed by atoms with Crippen LogP contribution in [0.1, 0.15) is 26.2 Å². The van der Waals surface area contributed by atoms with Crippen LogP contribution in [0.2, 0.25) is 0 Å². The van der Waals surface area contributed by atoms with Gasteiger partial charge >= 0.3 is 0 Å². The first kappa shape index (κ1) is 15.3. The number of carbonyl (C=O) groups excluding carboxylic acids is 1. The first-order valence-corrected chi connectivity index (χ1v) is 8.54. The van der Waals surface area contributed by atoms with Crippen molar-refractivity contribution in [1.29, 1.82) is 0 Å². The van der Waals surface area contributed by atoms with Crippen LogP contribution < -0.4 is 11.1 Å². The van der Waals surface area contributed by atoms with E-state index in [0.29, 0.717) is 0 Å². The van der Waals surface area contributed by atoms with E-state index in [1.807, 2.05) is 0 Å². The van der Waals surface area contributed by atoms with E-state index in [2.05, 4.69) is 15.5 Å². The molecule has 2 rings (SSSR count). The SMILES string of the molecule is CC(=O)Nc1nnc(S(=O)(=O)N(CCN)C2CCC2)s1. The largest absolute Gasteiger partial charge is 0.329 e. The summed E-state index contributed by atoms with van der Waals surface area (Å²) in [5.74, 6) is -0.317. The summed E-state index contributed by atoms with van der Waals surface area (Å²) in [6.45, 7) is 1.85. The number of hydrogen-bond donors (Lipinski definition) is 2. The minimum atomic E-state index is -3.69. The molecule has 8 nitrogen and oxygen atoms in total. The number of carbonyl (C=O) groups is 1. The maximum atomic E-state index is 12.5. The lowest BCUT2D eigenvalue weighted by Crippen LogP contribution is -2.46. The Morgan fingerprint density at radius 3 is 2.70 bits per heavy atom. The first-order chi connectivity index (χ1) is 9.45. The third-order valence-corrected chi connectivity index (χ3v) is 6.19. The summed E-state index contributed by atoms with van der Waals surface area (Å²) in [7, 11) is -3.69. The number of amides is 1. The van der Waals surface area contributed by atoms with Gasteiger partial charge in [-0.05, 0) is 12.8 Å². The number of aromatic nitrogens is 2. The first-order valence-electron chi connectivity index (χ1n) is 6.28. The Hall–Kier alpha value is -1.10. The van der Waals surface area contributed by atoms with Crippen LogP contribution in [0.15, 0.2) is 4.34 Å². The highest BCUT2D eigenvalue weighted by atomic mass is 32.2. The molecule has 1 amide bonds. The molecule has 1 heterocycles. The fourth-order valence-electron chi connectivity index (χ4n) is 1.92. The van der Waals surface area contributed by atoms with Gasteiger partial charge in [-0.15, -0.1) is 10.2 Å². The molecule has 1 aromatic heterocycles. The summed E-state index contributed by atoms with van der Waals surface area (Å²) < 4.78 is 26.3. The van der Waals surface area contributed by atoms with Crippen LogP contribution in [-0.4, -0.2) is 48.0 Å². The zero-order chi connectivity index (χ0) is 14.8. The molecule has 0 saturated heterocycles. The third kappa shape index (κ3) is 3.14. The third-order valence-electron chi connectivity index (χ3n) is 3.05. The molecule has 1 fully saturated rings. The van der Waals surface area contributed by atoms with Crippen molar-refractivity contribution in [2.45, 2.75) is 36.6 Å². The zero-order valence-electron chi connectivity index (χ0n) is 11.1. The molecule has 3 N–H and O–H groups in total. The Morgan fingerprint density at radius 2 is 2.20 bits per heavy atom. The molecule has 0 spiro atoms. The summed E-state index contributed by atoms with van der Waals surface area (Å²) in [4.78, 5) is 10.9. The lowest BCUT2D eigenvalue weighted by atomic mass is 9.93. The number of nitrogens with one attached hydrogen (secondary N) is 1. The average Bonchev–Trinajstić information content (AvgIpc) is 2.74. The summed E-state index contributed by atoms with van der Waals surface area (Å²) in [6.07, 6.45) is 2.71. The van der Waals surface area contributed by atoms with E-state index in [0.717, 1.165) is 30.6 Å². The normalized spacial score (nSPS) is 16.1. The van der Waals surface area contributed by atoms with Crippen molar-refractivity contribution in [3.63, 3.8) is 0 Å². The van der Waals surface area contributed by atoms with E-state index in [4.69, 9.17) is 5.73 Å². The van der Waals surface area contributed by atoms with Gasteiger partial charge in [0.25, 0.3) is 10.0 Å². The van der Waals surface area contributed by atoms with Crippen LogP contribution in [0.3, 0.4) is 0 Å². The van der Waals surface area contributed by atoms with Crippen LogP contribution >= 0.6 is 11.3 Å². The maximum Gasteiger partial charge on any atom is 0.272 e. The van der Waals surface area contributed by atoms with E-state index in [1.165, 1.54) is 11.2 Å². The Morgan fingerprint density at radius 1 is 1.50 bits per heavy atom. The number of anilines is 1. The van der Waals surface area contributed by atoms with E-state index in [1.54, 1.807) is 0 Å². The van der Waals surface area contributed by atoms with Crippen molar-refractivity contribution < 1.29 is 13.2 Å². The van der Waals surface area contributed by atoms with Crippen LogP contribution in [0.4, 0.5) is 5.13 Å². The van der Waals surface area contributed by atoms with Gasteiger partial charge in [-0.25, -0.2) is 8.42 Å². The van der Waals surface area contributed by atoms with Gasteiger partial charge < -0.3 is 11.1 Å². The number of sulfonamides is 1. The molecule has 112 valence electrons. The molecule has 0 unspecified atom stereocenters. The van der Waals surface area contributed by atoms with Crippen molar-refractivity contribution in [2.75, 3.05) is 18.4 Å². The van der Waals surface area contributed by atoms with Crippen molar-refractivity contribution in [3.8, 4) is 0 Å². The summed E-state index contributed by atoms with van der Waals surface area (Å²) in [6, 6.07) is -0.00309. The second-order valence-electron chi connectivity index (χ2n) is 4.54. The molecular weight excluding hydrogens is 302 g/mol.